The molecule has 0 radical (unpaired) electrons. The zero-order valence-electron chi connectivity index (χ0n) is 15.1. The van der Waals surface area contributed by atoms with Crippen LogP contribution >= 0.6 is 11.3 Å². The fourth-order valence-corrected chi connectivity index (χ4v) is 4.29. The molecule has 0 saturated carbocycles. The highest BCUT2D eigenvalue weighted by Crippen LogP contribution is 2.31. The summed E-state index contributed by atoms with van der Waals surface area (Å²) in [6, 6.07) is 11.0. The van der Waals surface area contributed by atoms with Crippen LogP contribution in [-0.2, 0) is 7.05 Å². The molecule has 4 rings (SSSR count). The summed E-state index contributed by atoms with van der Waals surface area (Å²) < 4.78 is 2.39. The van der Waals surface area contributed by atoms with Crippen molar-refractivity contribution >= 4 is 32.6 Å². The molecule has 1 fully saturated rings. The van der Waals surface area contributed by atoms with Crippen molar-refractivity contribution in [2.75, 3.05) is 24.5 Å². The lowest BCUT2D eigenvalue weighted by atomic mass is 9.97. The number of hydrogen-bond acceptors (Lipinski definition) is 6. The number of nitrogens with one attached hydrogen (secondary N) is 1. The third-order valence-corrected chi connectivity index (χ3v) is 6.01. The zero-order chi connectivity index (χ0) is 18.8. The molecule has 1 amide bonds. The molecule has 8 heteroatoms. The number of carbonyl (C=O) groups is 1. The Hall–Kier alpha value is -2.74. The standard InChI is InChI=1S/C19H21N5O2S/c1-23-17(25)7-6-15(22-23)18(26)20-12-13-8-10-24(11-9-13)19-21-14-4-2-3-5-16(14)27-19/h2-7,13H,8-12H2,1H3,(H,20,26). The van der Waals surface area contributed by atoms with Crippen LogP contribution < -0.4 is 15.8 Å². The zero-order valence-corrected chi connectivity index (χ0v) is 15.9. The van der Waals surface area contributed by atoms with Crippen LogP contribution in [0.3, 0.4) is 0 Å². The number of anilines is 1. The number of piperidine rings is 1. The summed E-state index contributed by atoms with van der Waals surface area (Å²) in [6.07, 6.45) is 2.02. The van der Waals surface area contributed by atoms with E-state index in [4.69, 9.17) is 4.98 Å². The predicted molar refractivity (Wildman–Crippen MR) is 106 cm³/mol. The lowest BCUT2D eigenvalue weighted by Crippen LogP contribution is -2.39. The number of benzene rings is 1. The van der Waals surface area contributed by atoms with Crippen molar-refractivity contribution in [3.05, 3.63) is 52.4 Å². The lowest BCUT2D eigenvalue weighted by Gasteiger charge is -2.31. The normalized spacial score (nSPS) is 15.2. The van der Waals surface area contributed by atoms with Crippen molar-refractivity contribution in [1.82, 2.24) is 20.1 Å². The Morgan fingerprint density at radius 3 is 2.74 bits per heavy atom. The van der Waals surface area contributed by atoms with Crippen LogP contribution in [-0.4, -0.2) is 40.3 Å². The van der Waals surface area contributed by atoms with Crippen molar-refractivity contribution in [2.24, 2.45) is 13.0 Å². The smallest absolute Gasteiger partial charge is 0.271 e. The average molecular weight is 383 g/mol. The van der Waals surface area contributed by atoms with Gasteiger partial charge in [-0.25, -0.2) is 9.67 Å². The van der Waals surface area contributed by atoms with Crippen LogP contribution in [0.4, 0.5) is 5.13 Å². The van der Waals surface area contributed by atoms with E-state index >= 15 is 0 Å². The summed E-state index contributed by atoms with van der Waals surface area (Å²) in [6.45, 7) is 2.51. The number of nitrogens with zero attached hydrogens (tertiary/aromatic N) is 4. The molecule has 1 saturated heterocycles. The molecule has 0 atom stereocenters. The number of thiazole rings is 1. The molecular weight excluding hydrogens is 362 g/mol. The summed E-state index contributed by atoms with van der Waals surface area (Å²) in [7, 11) is 1.54. The Morgan fingerprint density at radius 2 is 2.00 bits per heavy atom. The van der Waals surface area contributed by atoms with Gasteiger partial charge in [0.2, 0.25) is 0 Å². The molecule has 3 heterocycles. The largest absolute Gasteiger partial charge is 0.350 e. The number of hydrogen-bond donors (Lipinski definition) is 1. The lowest BCUT2D eigenvalue weighted by molar-refractivity contribution is 0.0937. The monoisotopic (exact) mass is 383 g/mol. The van der Waals surface area contributed by atoms with Gasteiger partial charge in [0.05, 0.1) is 10.2 Å². The Kier molecular flexibility index (Phi) is 4.89. The quantitative estimate of drug-likeness (QED) is 0.746. The van der Waals surface area contributed by atoms with Crippen LogP contribution in [0, 0.1) is 5.92 Å². The van der Waals surface area contributed by atoms with Gasteiger partial charge in [0.15, 0.2) is 5.13 Å². The van der Waals surface area contributed by atoms with Crippen LogP contribution in [0.15, 0.2) is 41.2 Å². The second kappa shape index (κ2) is 7.48. The fraction of sp³-hybridized carbons (Fsp3) is 0.368. The molecule has 1 aromatic carbocycles. The van der Waals surface area contributed by atoms with E-state index in [0.29, 0.717) is 12.5 Å². The molecule has 7 nitrogen and oxygen atoms in total. The van der Waals surface area contributed by atoms with Crippen molar-refractivity contribution in [2.45, 2.75) is 12.8 Å². The van der Waals surface area contributed by atoms with E-state index in [-0.39, 0.29) is 17.2 Å². The summed E-state index contributed by atoms with van der Waals surface area (Å²) in [5, 5.41) is 8.01. The first kappa shape index (κ1) is 17.7. The minimum Gasteiger partial charge on any atom is -0.350 e. The first-order valence-electron chi connectivity index (χ1n) is 9.03. The Bertz CT molecular complexity index is 987. The Morgan fingerprint density at radius 1 is 1.22 bits per heavy atom. The highest BCUT2D eigenvalue weighted by atomic mass is 32.1. The van der Waals surface area contributed by atoms with E-state index in [0.717, 1.165) is 36.6 Å². The minimum atomic E-state index is -0.237. The highest BCUT2D eigenvalue weighted by molar-refractivity contribution is 7.22. The maximum absolute atomic E-state index is 12.2. The van der Waals surface area contributed by atoms with Crippen LogP contribution in [0.2, 0.25) is 0 Å². The van der Waals surface area contributed by atoms with Crippen molar-refractivity contribution < 1.29 is 4.79 Å². The van der Waals surface area contributed by atoms with Gasteiger partial charge in [-0.05, 0) is 37.0 Å². The molecule has 2 aromatic heterocycles. The van der Waals surface area contributed by atoms with E-state index < -0.39 is 0 Å². The number of para-hydroxylation sites is 1. The van der Waals surface area contributed by atoms with Gasteiger partial charge in [-0.3, -0.25) is 9.59 Å². The molecule has 0 unspecified atom stereocenters. The minimum absolute atomic E-state index is 0.228. The first-order valence-corrected chi connectivity index (χ1v) is 9.85. The van der Waals surface area contributed by atoms with E-state index in [1.807, 2.05) is 18.2 Å². The number of amides is 1. The summed E-state index contributed by atoms with van der Waals surface area (Å²) in [5.74, 6) is 0.200. The fourth-order valence-electron chi connectivity index (χ4n) is 3.27. The topological polar surface area (TPSA) is 80.1 Å². The molecule has 0 bridgehead atoms. The van der Waals surface area contributed by atoms with Crippen molar-refractivity contribution in [1.29, 1.82) is 0 Å². The maximum atomic E-state index is 12.2. The SMILES string of the molecule is Cn1nc(C(=O)NCC2CCN(c3nc4ccccc4s3)CC2)ccc1=O. The van der Waals surface area contributed by atoms with Gasteiger partial charge in [0, 0.05) is 32.7 Å². The molecule has 27 heavy (non-hydrogen) atoms. The van der Waals surface area contributed by atoms with Gasteiger partial charge in [0.25, 0.3) is 11.5 Å². The van der Waals surface area contributed by atoms with Gasteiger partial charge in [-0.15, -0.1) is 0 Å². The first-order chi connectivity index (χ1) is 13.1. The molecular formula is C19H21N5O2S. The van der Waals surface area contributed by atoms with Crippen LogP contribution in [0.1, 0.15) is 23.3 Å². The predicted octanol–water partition coefficient (Wildman–Crippen LogP) is 2.04. The maximum Gasteiger partial charge on any atom is 0.271 e. The van der Waals surface area contributed by atoms with Crippen LogP contribution in [0.5, 0.6) is 0 Å². The molecule has 0 aliphatic carbocycles. The second-order valence-corrected chi connectivity index (χ2v) is 7.79. The molecule has 0 spiro atoms. The number of rotatable bonds is 4. The summed E-state index contributed by atoms with van der Waals surface area (Å²) in [4.78, 5) is 30.7. The molecule has 1 aliphatic heterocycles. The Labute approximate surface area is 160 Å². The average Bonchev–Trinajstić information content (AvgIpc) is 3.13. The third-order valence-electron chi connectivity index (χ3n) is 4.91. The Balaban J connectivity index is 1.31. The van der Waals surface area contributed by atoms with E-state index in [1.54, 1.807) is 11.3 Å². The molecule has 1 aliphatic rings. The number of fused-ring (bicyclic) bond motifs is 1. The third kappa shape index (κ3) is 3.85. The van der Waals surface area contributed by atoms with E-state index in [9.17, 15) is 9.59 Å². The van der Waals surface area contributed by atoms with Gasteiger partial charge in [0.1, 0.15) is 5.69 Å². The molecule has 3 aromatic rings. The number of carbonyl (C=O) groups excluding carboxylic acids is 1. The number of aryl methyl sites for hydroxylation is 1. The second-order valence-electron chi connectivity index (χ2n) is 6.79. The van der Waals surface area contributed by atoms with Gasteiger partial charge in [-0.1, -0.05) is 23.5 Å². The van der Waals surface area contributed by atoms with Gasteiger partial charge >= 0.3 is 0 Å². The highest BCUT2D eigenvalue weighted by Gasteiger charge is 2.22. The van der Waals surface area contributed by atoms with E-state index in [1.165, 1.54) is 28.6 Å². The van der Waals surface area contributed by atoms with Crippen molar-refractivity contribution in [3.63, 3.8) is 0 Å². The number of aromatic nitrogens is 3. The van der Waals surface area contributed by atoms with Gasteiger partial charge < -0.3 is 10.2 Å². The summed E-state index contributed by atoms with van der Waals surface area (Å²) >= 11 is 1.73. The van der Waals surface area contributed by atoms with Crippen molar-refractivity contribution in [3.8, 4) is 0 Å². The van der Waals surface area contributed by atoms with E-state index in [2.05, 4.69) is 21.4 Å². The molecule has 1 N–H and O–H groups in total. The van der Waals surface area contributed by atoms with Gasteiger partial charge in [-0.2, -0.15) is 5.10 Å². The van der Waals surface area contributed by atoms with Crippen LogP contribution in [0.25, 0.3) is 10.2 Å². The molecule has 140 valence electrons. The summed E-state index contributed by atoms with van der Waals surface area (Å²) in [5.41, 5.74) is 1.09.